The van der Waals surface area contributed by atoms with Crippen LogP contribution in [0.15, 0.2) is 0 Å². The van der Waals surface area contributed by atoms with Crippen LogP contribution in [0.25, 0.3) is 0 Å². The topological polar surface area (TPSA) is 29.1 Å². The first-order valence-electron chi connectivity index (χ1n) is 2.11. The number of hydrogen-bond donors (Lipinski definition) is 1. The van der Waals surface area contributed by atoms with Crippen molar-refractivity contribution < 1.29 is 44.4 Å². The van der Waals surface area contributed by atoms with Crippen molar-refractivity contribution in [3.63, 3.8) is 0 Å². The monoisotopic (exact) mass is 334 g/mol. The molecule has 2 nitrogen and oxygen atoms in total. The van der Waals surface area contributed by atoms with E-state index >= 15 is 0 Å². The molecule has 0 spiro atoms. The van der Waals surface area contributed by atoms with Crippen LogP contribution < -0.4 is 5.32 Å². The maximum absolute atomic E-state index is 10.1. The maximum Gasteiger partial charge on any atom is 0 e. The molecule has 0 aromatic carbocycles. The first kappa shape index (κ1) is 16.4. The molecule has 0 saturated carbocycles. The molecule has 0 fully saturated rings. The van der Waals surface area contributed by atoms with E-state index in [-0.39, 0.29) is 45.4 Å². The Labute approximate surface area is 82.3 Å². The standard InChI is InChI=1S/C5H9NO.V.W/c1-5(7)3-4-6-2;;/h3-4,6H,1-2H3;;/q-2;;. The molecule has 0 heterocycles. The van der Waals surface area contributed by atoms with Crippen molar-refractivity contribution in [2.45, 2.75) is 6.92 Å². The van der Waals surface area contributed by atoms with Gasteiger partial charge in [0, 0.05) is 39.6 Å². The summed E-state index contributed by atoms with van der Waals surface area (Å²) in [7, 11) is 1.75. The van der Waals surface area contributed by atoms with Crippen LogP contribution >= 0.6 is 0 Å². The Morgan fingerprint density at radius 2 is 2.00 bits per heavy atom. The Bertz CT molecular complexity index is 70.0. The minimum Gasteiger partial charge on any atom is -0.500 e. The van der Waals surface area contributed by atoms with Crippen molar-refractivity contribution >= 4 is 5.78 Å². The van der Waals surface area contributed by atoms with Crippen LogP contribution in [0.2, 0.25) is 0 Å². The molecule has 0 bridgehead atoms. The second kappa shape index (κ2) is 11.6. The number of carbonyl (C=O) groups is 1. The zero-order chi connectivity index (χ0) is 5.70. The van der Waals surface area contributed by atoms with E-state index in [0.717, 1.165) is 0 Å². The van der Waals surface area contributed by atoms with E-state index in [0.29, 0.717) is 0 Å². The summed E-state index contributed by atoms with van der Waals surface area (Å²) in [4.78, 5) is 10.1. The second-order valence-electron chi connectivity index (χ2n) is 1.23. The Balaban J connectivity index is -0.000000180. The Morgan fingerprint density at radius 3 is 2.11 bits per heavy atom. The summed E-state index contributed by atoms with van der Waals surface area (Å²) in [5.41, 5.74) is 0. The van der Waals surface area contributed by atoms with Crippen molar-refractivity contribution in [1.82, 2.24) is 5.32 Å². The molecule has 0 unspecified atom stereocenters. The van der Waals surface area contributed by atoms with Gasteiger partial charge in [0.25, 0.3) is 0 Å². The molecular weight excluding hydrogens is 325 g/mol. The molecule has 9 heavy (non-hydrogen) atoms. The van der Waals surface area contributed by atoms with Gasteiger partial charge in [0.05, 0.1) is 0 Å². The molecule has 0 rings (SSSR count). The van der Waals surface area contributed by atoms with Gasteiger partial charge in [-0.3, -0.25) is 0 Å². The Morgan fingerprint density at radius 1 is 1.56 bits per heavy atom. The third-order valence-electron chi connectivity index (χ3n) is 0.485. The molecule has 1 N–H and O–H groups in total. The first-order valence-corrected chi connectivity index (χ1v) is 2.11. The molecule has 0 atom stereocenters. The molecule has 0 aromatic rings. The summed E-state index contributed by atoms with van der Waals surface area (Å²) in [6, 6.07) is 0. The van der Waals surface area contributed by atoms with Crippen molar-refractivity contribution in [3.05, 3.63) is 13.0 Å². The number of rotatable bonds is 3. The first-order chi connectivity index (χ1) is 3.27. The van der Waals surface area contributed by atoms with Gasteiger partial charge in [-0.2, -0.15) is 0 Å². The second-order valence-corrected chi connectivity index (χ2v) is 1.23. The van der Waals surface area contributed by atoms with Crippen molar-refractivity contribution in [2.75, 3.05) is 7.05 Å². The SMILES string of the molecule is CN[CH-][CH-]C(C)=O.[V].[W]. The predicted octanol–water partition coefficient (Wildman–Crippen LogP) is 0.156. The van der Waals surface area contributed by atoms with E-state index in [1.54, 1.807) is 13.6 Å². The van der Waals surface area contributed by atoms with Crippen LogP contribution in [-0.2, 0) is 44.4 Å². The van der Waals surface area contributed by atoms with E-state index in [1.807, 2.05) is 0 Å². The molecular formula is C5H9NOVW-2. The smallest absolute Gasteiger partial charge is 0 e. The summed E-state index contributed by atoms with van der Waals surface area (Å²) >= 11 is 0. The van der Waals surface area contributed by atoms with Gasteiger partial charge in [0.1, 0.15) is 0 Å². The minimum atomic E-state index is 0. The van der Waals surface area contributed by atoms with E-state index in [9.17, 15) is 4.79 Å². The zero-order valence-electron chi connectivity index (χ0n) is 5.42. The van der Waals surface area contributed by atoms with Gasteiger partial charge in [0.2, 0.25) is 0 Å². The Hall–Kier alpha value is 0.773. The number of nitrogens with one attached hydrogen (secondary N) is 1. The number of carbonyl (C=O) groups excluding carboxylic acids is 1. The van der Waals surface area contributed by atoms with Crippen LogP contribution in [0, 0.1) is 13.0 Å². The molecule has 0 saturated heterocycles. The summed E-state index contributed by atoms with van der Waals surface area (Å²) in [6.45, 7) is 3.11. The molecule has 4 heteroatoms. The van der Waals surface area contributed by atoms with Crippen LogP contribution in [0.1, 0.15) is 6.92 Å². The average molecular weight is 334 g/mol. The number of Topliss-reactive ketones (excluding diaryl/α,β-unsaturated/α-hetero) is 1. The molecule has 0 aliphatic carbocycles. The fourth-order valence-electron chi connectivity index (χ4n) is 0.201. The molecule has 53 valence electrons. The molecule has 0 amide bonds. The summed E-state index contributed by atoms with van der Waals surface area (Å²) in [5, 5.41) is 2.70. The molecule has 0 aliphatic rings. The van der Waals surface area contributed by atoms with Gasteiger partial charge in [0.15, 0.2) is 0 Å². The molecule has 1 radical (unpaired) electrons. The van der Waals surface area contributed by atoms with E-state index in [2.05, 4.69) is 5.32 Å². The third-order valence-corrected chi connectivity index (χ3v) is 0.485. The summed E-state index contributed by atoms with van der Waals surface area (Å²) in [5.74, 6) is 0.0642. The zero-order valence-corrected chi connectivity index (χ0v) is 9.75. The number of ketones is 1. The average Bonchev–Trinajstić information content (AvgIpc) is 1.61. The van der Waals surface area contributed by atoms with Crippen molar-refractivity contribution in [1.29, 1.82) is 0 Å². The van der Waals surface area contributed by atoms with Gasteiger partial charge < -0.3 is 23.1 Å². The van der Waals surface area contributed by atoms with E-state index in [4.69, 9.17) is 0 Å². The third kappa shape index (κ3) is 17.7. The fraction of sp³-hybridized carbons (Fsp3) is 0.400. The van der Waals surface area contributed by atoms with Crippen LogP contribution in [0.3, 0.4) is 0 Å². The summed E-state index contributed by atoms with van der Waals surface area (Å²) < 4.78 is 0. The van der Waals surface area contributed by atoms with Crippen molar-refractivity contribution in [2.24, 2.45) is 0 Å². The summed E-state index contributed by atoms with van der Waals surface area (Å²) in [6.07, 6.45) is 1.47. The van der Waals surface area contributed by atoms with Crippen LogP contribution in [0.4, 0.5) is 0 Å². The maximum atomic E-state index is 10.1. The fourth-order valence-corrected chi connectivity index (χ4v) is 0.201. The van der Waals surface area contributed by atoms with Gasteiger partial charge in [-0.05, 0) is 19.8 Å². The minimum absolute atomic E-state index is 0. The predicted molar refractivity (Wildman–Crippen MR) is 28.3 cm³/mol. The largest absolute Gasteiger partial charge is 0.500 e. The number of hydrogen-bond acceptors (Lipinski definition) is 2. The Kier molecular flexibility index (Phi) is 21.1. The van der Waals surface area contributed by atoms with E-state index < -0.39 is 0 Å². The van der Waals surface area contributed by atoms with Gasteiger partial charge in [-0.15, -0.1) is 0 Å². The van der Waals surface area contributed by atoms with Crippen molar-refractivity contribution in [3.8, 4) is 0 Å². The van der Waals surface area contributed by atoms with E-state index in [1.165, 1.54) is 13.3 Å². The van der Waals surface area contributed by atoms with Crippen LogP contribution in [-0.4, -0.2) is 12.8 Å². The quantitative estimate of drug-likeness (QED) is 0.745. The van der Waals surface area contributed by atoms with Gasteiger partial charge in [-0.1, -0.05) is 0 Å². The molecule has 0 aromatic heterocycles. The molecule has 0 aliphatic heterocycles. The van der Waals surface area contributed by atoms with Gasteiger partial charge in [-0.25, -0.2) is 0 Å². The normalized spacial score (nSPS) is 6.44. The van der Waals surface area contributed by atoms with Crippen LogP contribution in [0.5, 0.6) is 0 Å². The van der Waals surface area contributed by atoms with Gasteiger partial charge >= 0.3 is 0 Å².